The Kier molecular flexibility index (Phi) is 2.13. The number of pyridine rings is 1. The predicted octanol–water partition coefficient (Wildman–Crippen LogP) is 2.04. The van der Waals surface area contributed by atoms with Crippen molar-refractivity contribution in [2.24, 2.45) is 0 Å². The van der Waals surface area contributed by atoms with Crippen molar-refractivity contribution in [1.82, 2.24) is 4.98 Å². The van der Waals surface area contributed by atoms with E-state index in [9.17, 15) is 9.59 Å². The number of carbonyl (C=O) groups is 1. The Balaban J connectivity index is 2.49. The second-order valence-electron chi connectivity index (χ2n) is 3.82. The first-order valence-electron chi connectivity index (χ1n) is 5.21. The van der Waals surface area contributed by atoms with E-state index in [2.05, 4.69) is 4.98 Å². The molecule has 0 radical (unpaired) electrons. The molecular formula is C13H7NO4. The lowest BCUT2D eigenvalue weighted by molar-refractivity contribution is 0.0697. The number of nitrogens with zero attached hydrogens (tertiary/aromatic N) is 1. The summed E-state index contributed by atoms with van der Waals surface area (Å²) in [5.41, 5.74) is 0.578. The van der Waals surface area contributed by atoms with Crippen LogP contribution < -0.4 is 5.43 Å². The van der Waals surface area contributed by atoms with Crippen LogP contribution in [0.25, 0.3) is 21.9 Å². The monoisotopic (exact) mass is 241 g/mol. The van der Waals surface area contributed by atoms with Gasteiger partial charge in [0.1, 0.15) is 11.2 Å². The van der Waals surface area contributed by atoms with Gasteiger partial charge < -0.3 is 9.52 Å². The number of hydrogen-bond acceptors (Lipinski definition) is 4. The largest absolute Gasteiger partial charge is 0.478 e. The minimum Gasteiger partial charge on any atom is -0.478 e. The maximum absolute atomic E-state index is 12.2. The Labute approximate surface area is 100 Å². The van der Waals surface area contributed by atoms with E-state index in [4.69, 9.17) is 9.52 Å². The van der Waals surface area contributed by atoms with Crippen molar-refractivity contribution in [3.05, 3.63) is 52.4 Å². The van der Waals surface area contributed by atoms with E-state index in [-0.39, 0.29) is 16.4 Å². The molecule has 0 aliphatic carbocycles. The molecule has 3 rings (SSSR count). The molecule has 3 aromatic rings. The zero-order valence-corrected chi connectivity index (χ0v) is 9.08. The molecule has 0 spiro atoms. The highest BCUT2D eigenvalue weighted by Crippen LogP contribution is 2.18. The Morgan fingerprint density at radius 1 is 1.17 bits per heavy atom. The highest BCUT2D eigenvalue weighted by molar-refractivity contribution is 5.95. The van der Waals surface area contributed by atoms with E-state index in [0.29, 0.717) is 16.6 Å². The summed E-state index contributed by atoms with van der Waals surface area (Å²) in [6, 6.07) is 5.80. The van der Waals surface area contributed by atoms with Crippen molar-refractivity contribution in [2.45, 2.75) is 0 Å². The van der Waals surface area contributed by atoms with Gasteiger partial charge >= 0.3 is 5.97 Å². The summed E-state index contributed by atoms with van der Waals surface area (Å²) < 4.78 is 5.53. The lowest BCUT2D eigenvalue weighted by Crippen LogP contribution is -2.04. The fraction of sp³-hybridized carbons (Fsp3) is 0. The molecule has 0 unspecified atom stereocenters. The molecular weight excluding hydrogens is 234 g/mol. The lowest BCUT2D eigenvalue weighted by Gasteiger charge is -2.01. The molecule has 0 saturated carbocycles. The smallest absolute Gasteiger partial charge is 0.335 e. The van der Waals surface area contributed by atoms with Gasteiger partial charge in [-0.3, -0.25) is 9.78 Å². The summed E-state index contributed by atoms with van der Waals surface area (Å²) in [4.78, 5) is 26.9. The van der Waals surface area contributed by atoms with E-state index in [1.807, 2.05) is 0 Å². The second kappa shape index (κ2) is 3.66. The number of fused-ring (bicyclic) bond motifs is 2. The van der Waals surface area contributed by atoms with E-state index in [0.717, 1.165) is 0 Å². The fourth-order valence-electron chi connectivity index (χ4n) is 1.83. The summed E-state index contributed by atoms with van der Waals surface area (Å²) in [6.45, 7) is 0. The normalized spacial score (nSPS) is 10.9. The van der Waals surface area contributed by atoms with Crippen LogP contribution in [0.1, 0.15) is 10.4 Å². The van der Waals surface area contributed by atoms with Crippen LogP contribution in [0.2, 0.25) is 0 Å². The molecule has 0 saturated heterocycles. The highest BCUT2D eigenvalue weighted by atomic mass is 16.4. The molecule has 0 bridgehead atoms. The topological polar surface area (TPSA) is 80.4 Å². The number of hydrogen-bond donors (Lipinski definition) is 1. The summed E-state index contributed by atoms with van der Waals surface area (Å²) in [6.07, 6.45) is 2.94. The number of carboxylic acids is 1. The van der Waals surface area contributed by atoms with Gasteiger partial charge in [-0.25, -0.2) is 4.79 Å². The van der Waals surface area contributed by atoms with Crippen LogP contribution in [0.3, 0.4) is 0 Å². The fourth-order valence-corrected chi connectivity index (χ4v) is 1.83. The summed E-state index contributed by atoms with van der Waals surface area (Å²) in [7, 11) is 0. The van der Waals surface area contributed by atoms with Crippen LogP contribution in [-0.4, -0.2) is 16.1 Å². The third-order valence-corrected chi connectivity index (χ3v) is 2.72. The number of carboxylic acid groups (broad SMARTS) is 1. The SMILES string of the molecule is O=C(O)c1ccc2oc3ccncc3c(=O)c2c1. The molecule has 1 aromatic carbocycles. The molecule has 0 fully saturated rings. The average molecular weight is 241 g/mol. The van der Waals surface area contributed by atoms with Gasteiger partial charge in [-0.05, 0) is 24.3 Å². The summed E-state index contributed by atoms with van der Waals surface area (Å²) >= 11 is 0. The van der Waals surface area contributed by atoms with E-state index in [1.54, 1.807) is 6.07 Å². The van der Waals surface area contributed by atoms with Crippen LogP contribution in [-0.2, 0) is 0 Å². The van der Waals surface area contributed by atoms with Crippen molar-refractivity contribution >= 4 is 27.9 Å². The Bertz CT molecular complexity index is 835. The third kappa shape index (κ3) is 1.45. The first kappa shape index (κ1) is 10.5. The van der Waals surface area contributed by atoms with Crippen LogP contribution in [0.15, 0.2) is 45.9 Å². The molecule has 2 heterocycles. The molecule has 0 aliphatic rings. The zero-order valence-electron chi connectivity index (χ0n) is 9.08. The Hall–Kier alpha value is -2.69. The minimum atomic E-state index is -1.08. The molecule has 2 aromatic heterocycles. The number of aromatic carboxylic acids is 1. The summed E-state index contributed by atoms with van der Waals surface area (Å²) in [5.74, 6) is -1.08. The molecule has 0 aliphatic heterocycles. The van der Waals surface area contributed by atoms with E-state index < -0.39 is 5.97 Å². The molecule has 0 amide bonds. The number of benzene rings is 1. The Morgan fingerprint density at radius 2 is 1.94 bits per heavy atom. The molecule has 5 nitrogen and oxygen atoms in total. The van der Waals surface area contributed by atoms with Crippen LogP contribution in [0, 0.1) is 0 Å². The number of aromatic nitrogens is 1. The van der Waals surface area contributed by atoms with Crippen molar-refractivity contribution in [3.8, 4) is 0 Å². The second-order valence-corrected chi connectivity index (χ2v) is 3.82. The van der Waals surface area contributed by atoms with E-state index >= 15 is 0 Å². The molecule has 88 valence electrons. The highest BCUT2D eigenvalue weighted by Gasteiger charge is 2.10. The molecule has 5 heteroatoms. The van der Waals surface area contributed by atoms with Crippen LogP contribution >= 0.6 is 0 Å². The summed E-state index contributed by atoms with van der Waals surface area (Å²) in [5, 5.41) is 9.49. The van der Waals surface area contributed by atoms with Gasteiger partial charge in [-0.1, -0.05) is 0 Å². The van der Waals surface area contributed by atoms with Gasteiger partial charge in [0.2, 0.25) is 5.43 Å². The van der Waals surface area contributed by atoms with Gasteiger partial charge in [-0.15, -0.1) is 0 Å². The molecule has 0 atom stereocenters. The number of rotatable bonds is 1. The lowest BCUT2D eigenvalue weighted by atomic mass is 10.1. The van der Waals surface area contributed by atoms with Gasteiger partial charge in [0.25, 0.3) is 0 Å². The maximum Gasteiger partial charge on any atom is 0.335 e. The molecule has 18 heavy (non-hydrogen) atoms. The van der Waals surface area contributed by atoms with Crippen molar-refractivity contribution in [2.75, 3.05) is 0 Å². The standard InChI is InChI=1S/C13H7NO4/c15-12-8-5-7(13(16)17)1-2-10(8)18-11-3-4-14-6-9(11)12/h1-6H,(H,16,17). The van der Waals surface area contributed by atoms with Crippen molar-refractivity contribution in [3.63, 3.8) is 0 Å². The van der Waals surface area contributed by atoms with Gasteiger partial charge in [-0.2, -0.15) is 0 Å². The quantitative estimate of drug-likeness (QED) is 0.659. The van der Waals surface area contributed by atoms with Crippen LogP contribution in [0.4, 0.5) is 0 Å². The minimum absolute atomic E-state index is 0.0537. The van der Waals surface area contributed by atoms with Gasteiger partial charge in [0, 0.05) is 12.4 Å². The first-order chi connectivity index (χ1) is 8.66. The maximum atomic E-state index is 12.2. The zero-order chi connectivity index (χ0) is 12.7. The predicted molar refractivity (Wildman–Crippen MR) is 64.7 cm³/mol. The third-order valence-electron chi connectivity index (χ3n) is 2.72. The van der Waals surface area contributed by atoms with E-state index in [1.165, 1.54) is 30.6 Å². The molecule has 1 N–H and O–H groups in total. The van der Waals surface area contributed by atoms with Crippen molar-refractivity contribution in [1.29, 1.82) is 0 Å². The first-order valence-corrected chi connectivity index (χ1v) is 5.21. The average Bonchev–Trinajstić information content (AvgIpc) is 2.38. The van der Waals surface area contributed by atoms with Crippen LogP contribution in [0.5, 0.6) is 0 Å². The Morgan fingerprint density at radius 3 is 2.72 bits per heavy atom. The van der Waals surface area contributed by atoms with Gasteiger partial charge in [0.05, 0.1) is 16.3 Å². The van der Waals surface area contributed by atoms with Gasteiger partial charge in [0.15, 0.2) is 0 Å². The van der Waals surface area contributed by atoms with Crippen molar-refractivity contribution < 1.29 is 14.3 Å².